The van der Waals surface area contributed by atoms with E-state index in [1.54, 1.807) is 0 Å². The van der Waals surface area contributed by atoms with Gasteiger partial charge in [-0.15, -0.1) is 0 Å². The molecule has 0 amide bonds. The summed E-state index contributed by atoms with van der Waals surface area (Å²) in [6.07, 6.45) is 16.9. The number of rotatable bonds is 8. The second-order valence-corrected chi connectivity index (χ2v) is 10.8. The zero-order valence-corrected chi connectivity index (χ0v) is 19.7. The number of ether oxygens (including phenoxy) is 5. The Balaban J connectivity index is 1.23. The summed E-state index contributed by atoms with van der Waals surface area (Å²) in [5.41, 5.74) is 0. The molecule has 32 heavy (non-hydrogen) atoms. The molecule has 3 saturated heterocycles. The van der Waals surface area contributed by atoms with Crippen LogP contribution in [0.15, 0.2) is 0 Å². The lowest BCUT2D eigenvalue weighted by Crippen LogP contribution is -2.36. The van der Waals surface area contributed by atoms with E-state index >= 15 is 0 Å². The Labute approximate surface area is 193 Å². The van der Waals surface area contributed by atoms with Crippen molar-refractivity contribution in [2.45, 2.75) is 133 Å². The highest BCUT2D eigenvalue weighted by Crippen LogP contribution is 2.47. The zero-order valence-electron chi connectivity index (χ0n) is 19.7. The predicted molar refractivity (Wildman–Crippen MR) is 120 cm³/mol. The molecule has 0 spiro atoms. The third kappa shape index (κ3) is 5.87. The molecule has 2 aliphatic carbocycles. The first-order valence-corrected chi connectivity index (χ1v) is 13.6. The molecule has 1 N–H and O–H groups in total. The molecule has 0 aromatic carbocycles. The normalized spacial score (nSPS) is 42.1. The monoisotopic (exact) mass is 452 g/mol. The second kappa shape index (κ2) is 11.5. The van der Waals surface area contributed by atoms with E-state index in [2.05, 4.69) is 0 Å². The highest BCUT2D eigenvalue weighted by molar-refractivity contribution is 4.97. The summed E-state index contributed by atoms with van der Waals surface area (Å²) in [5, 5.41) is 10.1. The maximum absolute atomic E-state index is 10.1. The topological polar surface area (TPSA) is 66.4 Å². The van der Waals surface area contributed by atoms with Crippen LogP contribution in [0.1, 0.15) is 96.3 Å². The van der Waals surface area contributed by atoms with Crippen molar-refractivity contribution in [1.29, 1.82) is 0 Å². The van der Waals surface area contributed by atoms with Gasteiger partial charge in [0.05, 0.1) is 18.3 Å². The lowest BCUT2D eigenvalue weighted by atomic mass is 9.80. The quantitative estimate of drug-likeness (QED) is 0.564. The first-order chi connectivity index (χ1) is 15.8. The third-order valence-corrected chi connectivity index (χ3v) is 8.66. The largest absolute Gasteiger partial charge is 0.368 e. The van der Waals surface area contributed by atoms with E-state index in [0.29, 0.717) is 17.8 Å². The van der Waals surface area contributed by atoms with Gasteiger partial charge in [-0.25, -0.2) is 0 Å². The van der Waals surface area contributed by atoms with E-state index < -0.39 is 6.29 Å². The summed E-state index contributed by atoms with van der Waals surface area (Å²) < 4.78 is 30.9. The number of hydrogen-bond donors (Lipinski definition) is 1. The highest BCUT2D eigenvalue weighted by atomic mass is 16.7. The van der Waals surface area contributed by atoms with Crippen molar-refractivity contribution >= 4 is 0 Å². The van der Waals surface area contributed by atoms with Crippen LogP contribution < -0.4 is 0 Å². The molecule has 0 aromatic heterocycles. The molecule has 5 fully saturated rings. The van der Waals surface area contributed by atoms with Gasteiger partial charge in [-0.2, -0.15) is 0 Å². The Morgan fingerprint density at radius 1 is 0.812 bits per heavy atom. The van der Waals surface area contributed by atoms with Gasteiger partial charge in [-0.3, -0.25) is 0 Å². The molecule has 5 rings (SSSR count). The number of hydrogen-bond acceptors (Lipinski definition) is 6. The molecule has 3 unspecified atom stereocenters. The lowest BCUT2D eigenvalue weighted by Gasteiger charge is -2.36. The van der Waals surface area contributed by atoms with Crippen LogP contribution in [0.4, 0.5) is 0 Å². The molecule has 3 heterocycles. The predicted octanol–water partition coefficient (Wildman–Crippen LogP) is 4.91. The highest BCUT2D eigenvalue weighted by Gasteiger charge is 2.50. The summed E-state index contributed by atoms with van der Waals surface area (Å²) in [4.78, 5) is 0. The molecule has 0 bridgehead atoms. The van der Waals surface area contributed by atoms with Crippen molar-refractivity contribution < 1.29 is 28.8 Å². The lowest BCUT2D eigenvalue weighted by molar-refractivity contribution is -0.208. The standard InChI is InChI=1S/C26H44O6/c27-24-16-20-19(22(17-23(20)30-24)32-26-11-5-7-15-29-26)12-13-21(18-8-2-1-3-9-18)31-25-10-4-6-14-28-25/h18-27H,1-17H2/t19-,20-,21-,22-,23+,24?,25?,26?/m1/s1. The molecule has 6 nitrogen and oxygen atoms in total. The number of fused-ring (bicyclic) bond motifs is 1. The molecule has 0 radical (unpaired) electrons. The number of aliphatic hydroxyl groups is 1. The van der Waals surface area contributed by atoms with Crippen LogP contribution in [0.25, 0.3) is 0 Å². The van der Waals surface area contributed by atoms with E-state index in [4.69, 9.17) is 23.7 Å². The SMILES string of the molecule is OC1C[C@@H]2[C@@H](CC[C@@H](OC3CCCCO3)C3CCCCC3)[C@H](OC3CCCCO3)C[C@@H]2O1. The Bertz CT molecular complexity index is 555. The minimum absolute atomic E-state index is 0.0219. The van der Waals surface area contributed by atoms with Crippen molar-refractivity contribution in [3.63, 3.8) is 0 Å². The minimum Gasteiger partial charge on any atom is -0.368 e. The van der Waals surface area contributed by atoms with Crippen molar-refractivity contribution in [1.82, 2.24) is 0 Å². The number of aliphatic hydroxyl groups excluding tert-OH is 1. The summed E-state index contributed by atoms with van der Waals surface area (Å²) >= 11 is 0. The Hall–Kier alpha value is -0.240. The molecule has 5 aliphatic rings. The molecular weight excluding hydrogens is 408 g/mol. The minimum atomic E-state index is -0.611. The molecule has 8 atom stereocenters. The van der Waals surface area contributed by atoms with Gasteiger partial charge >= 0.3 is 0 Å². The van der Waals surface area contributed by atoms with Crippen LogP contribution in [0.5, 0.6) is 0 Å². The van der Waals surface area contributed by atoms with E-state index in [1.165, 1.54) is 44.9 Å². The maximum atomic E-state index is 10.1. The first-order valence-electron chi connectivity index (χ1n) is 13.6. The van der Waals surface area contributed by atoms with E-state index in [-0.39, 0.29) is 30.9 Å². The second-order valence-electron chi connectivity index (χ2n) is 10.8. The van der Waals surface area contributed by atoms with Crippen LogP contribution in [-0.2, 0) is 23.7 Å². The van der Waals surface area contributed by atoms with Gasteiger partial charge in [0.1, 0.15) is 0 Å². The van der Waals surface area contributed by atoms with Crippen molar-refractivity contribution in [3.05, 3.63) is 0 Å². The van der Waals surface area contributed by atoms with Crippen LogP contribution in [0, 0.1) is 17.8 Å². The van der Waals surface area contributed by atoms with Crippen molar-refractivity contribution in [2.75, 3.05) is 13.2 Å². The Morgan fingerprint density at radius 2 is 1.53 bits per heavy atom. The third-order valence-electron chi connectivity index (χ3n) is 8.66. The van der Waals surface area contributed by atoms with Crippen LogP contribution in [0.2, 0.25) is 0 Å². The molecule has 3 aliphatic heterocycles. The summed E-state index contributed by atoms with van der Waals surface area (Å²) in [5.74, 6) is 1.44. The van der Waals surface area contributed by atoms with Gasteiger partial charge in [0.15, 0.2) is 18.9 Å². The molecule has 0 aromatic rings. The maximum Gasteiger partial charge on any atom is 0.157 e. The fourth-order valence-electron chi connectivity index (χ4n) is 6.96. The average Bonchev–Trinajstić information content (AvgIpc) is 3.34. The van der Waals surface area contributed by atoms with Crippen LogP contribution in [0.3, 0.4) is 0 Å². The molecule has 184 valence electrons. The molecular formula is C26H44O6. The van der Waals surface area contributed by atoms with Gasteiger partial charge in [-0.05, 0) is 82.0 Å². The Morgan fingerprint density at radius 3 is 2.25 bits per heavy atom. The fourth-order valence-corrected chi connectivity index (χ4v) is 6.96. The van der Waals surface area contributed by atoms with Gasteiger partial charge < -0.3 is 28.8 Å². The fraction of sp³-hybridized carbons (Fsp3) is 1.00. The molecule has 6 heteroatoms. The first kappa shape index (κ1) is 23.5. The smallest absolute Gasteiger partial charge is 0.157 e. The summed E-state index contributed by atoms with van der Waals surface area (Å²) in [7, 11) is 0. The summed E-state index contributed by atoms with van der Waals surface area (Å²) in [6.45, 7) is 1.64. The van der Waals surface area contributed by atoms with Gasteiger partial charge in [-0.1, -0.05) is 19.3 Å². The van der Waals surface area contributed by atoms with Crippen LogP contribution in [-0.4, -0.2) is 55.5 Å². The van der Waals surface area contributed by atoms with Crippen LogP contribution >= 0.6 is 0 Å². The van der Waals surface area contributed by atoms with Crippen molar-refractivity contribution in [3.8, 4) is 0 Å². The zero-order chi connectivity index (χ0) is 21.8. The molecule has 2 saturated carbocycles. The summed E-state index contributed by atoms with van der Waals surface area (Å²) in [6, 6.07) is 0. The Kier molecular flexibility index (Phi) is 8.41. The van der Waals surface area contributed by atoms with E-state index in [1.807, 2.05) is 0 Å². The van der Waals surface area contributed by atoms with Gasteiger partial charge in [0.2, 0.25) is 0 Å². The average molecular weight is 453 g/mol. The van der Waals surface area contributed by atoms with E-state index in [9.17, 15) is 5.11 Å². The van der Waals surface area contributed by atoms with Crippen molar-refractivity contribution in [2.24, 2.45) is 17.8 Å². The van der Waals surface area contributed by atoms with Gasteiger partial charge in [0, 0.05) is 26.1 Å². The van der Waals surface area contributed by atoms with E-state index in [0.717, 1.165) is 64.6 Å². The van der Waals surface area contributed by atoms with Gasteiger partial charge in [0.25, 0.3) is 0 Å².